The second kappa shape index (κ2) is 22.2. The fourth-order valence-electron chi connectivity index (χ4n) is 6.17. The van der Waals surface area contributed by atoms with Gasteiger partial charge in [0.15, 0.2) is 5.78 Å². The molecule has 258 valence electrons. The van der Waals surface area contributed by atoms with Crippen molar-refractivity contribution >= 4 is 46.9 Å². The van der Waals surface area contributed by atoms with Crippen molar-refractivity contribution in [1.29, 1.82) is 0 Å². The van der Waals surface area contributed by atoms with Gasteiger partial charge < -0.3 is 20.2 Å². The van der Waals surface area contributed by atoms with Crippen LogP contribution >= 0.6 is 0 Å². The Kier molecular flexibility index (Phi) is 17.6. The summed E-state index contributed by atoms with van der Waals surface area (Å²) in [4.78, 5) is 68.0. The summed E-state index contributed by atoms with van der Waals surface area (Å²) in [5.41, 5.74) is 7.73. The zero-order valence-electron chi connectivity index (χ0n) is 28.1. The first-order valence-corrected chi connectivity index (χ1v) is 17.5. The van der Waals surface area contributed by atoms with E-state index in [0.29, 0.717) is 36.9 Å². The number of ketones is 1. The topological polar surface area (TPSA) is 137 Å². The first-order valence-electron chi connectivity index (χ1n) is 17.5. The number of hydrogen-bond acceptors (Lipinski definition) is 7. The van der Waals surface area contributed by atoms with Crippen LogP contribution in [0.2, 0.25) is 0 Å². The van der Waals surface area contributed by atoms with Crippen LogP contribution in [0.1, 0.15) is 108 Å². The Morgan fingerprint density at radius 1 is 0.771 bits per heavy atom. The predicted octanol–water partition coefficient (Wildman–Crippen LogP) is 7.42. The van der Waals surface area contributed by atoms with Gasteiger partial charge in [-0.2, -0.15) is 0 Å². The normalized spacial score (nSPS) is 12.2. The molecule has 0 aliphatic heterocycles. The molecule has 0 aliphatic carbocycles. The third-order valence-corrected chi connectivity index (χ3v) is 8.75. The number of carbonyl (C=O) groups is 5. The van der Waals surface area contributed by atoms with Gasteiger partial charge in [-0.3, -0.25) is 24.2 Å². The number of aromatic nitrogens is 1. The van der Waals surface area contributed by atoms with E-state index in [1.165, 1.54) is 17.7 Å². The Morgan fingerprint density at radius 2 is 1.46 bits per heavy atom. The van der Waals surface area contributed by atoms with Crippen molar-refractivity contribution in [2.75, 3.05) is 4.90 Å². The molecule has 0 saturated heterocycles. The van der Waals surface area contributed by atoms with Crippen molar-refractivity contribution in [2.24, 2.45) is 11.7 Å². The van der Waals surface area contributed by atoms with Gasteiger partial charge in [0.25, 0.3) is 0 Å². The van der Waals surface area contributed by atoms with Gasteiger partial charge in [-0.05, 0) is 55.5 Å². The zero-order valence-corrected chi connectivity index (χ0v) is 28.1. The number of aldehydes is 1. The first kappa shape index (κ1) is 38.1. The summed E-state index contributed by atoms with van der Waals surface area (Å²) < 4.78 is 5.44. The van der Waals surface area contributed by atoms with E-state index in [4.69, 9.17) is 10.5 Å². The molecule has 9 nitrogen and oxygen atoms in total. The van der Waals surface area contributed by atoms with Crippen LogP contribution in [0.15, 0.2) is 66.9 Å². The van der Waals surface area contributed by atoms with Crippen LogP contribution in [0, 0.1) is 5.92 Å². The van der Waals surface area contributed by atoms with Crippen LogP contribution in [-0.2, 0) is 35.3 Å². The second-order valence-electron chi connectivity index (χ2n) is 12.5. The lowest BCUT2D eigenvalue weighted by atomic mass is 9.86. The van der Waals surface area contributed by atoms with E-state index in [1.54, 1.807) is 24.4 Å². The molecule has 0 saturated carbocycles. The number of fused-ring (bicyclic) bond motifs is 1. The molecule has 2 amide bonds. The van der Waals surface area contributed by atoms with Crippen LogP contribution in [0.25, 0.3) is 10.9 Å². The Morgan fingerprint density at radius 3 is 2.12 bits per heavy atom. The monoisotopic (exact) mass is 657 g/mol. The minimum atomic E-state index is -0.897. The Labute approximate surface area is 284 Å². The Bertz CT molecular complexity index is 1420. The number of esters is 1. The number of pyridine rings is 1. The number of anilines is 1. The average molecular weight is 658 g/mol. The van der Waals surface area contributed by atoms with Crippen molar-refractivity contribution in [3.63, 3.8) is 0 Å². The molecule has 0 radical (unpaired) electrons. The number of benzene rings is 2. The van der Waals surface area contributed by atoms with Crippen LogP contribution in [-0.4, -0.2) is 41.4 Å². The van der Waals surface area contributed by atoms with Gasteiger partial charge in [-0.15, -0.1) is 0 Å². The van der Waals surface area contributed by atoms with Gasteiger partial charge >= 0.3 is 5.97 Å². The molecule has 0 unspecified atom stereocenters. The molecule has 2 aromatic carbocycles. The van der Waals surface area contributed by atoms with Crippen molar-refractivity contribution < 1.29 is 28.7 Å². The maximum atomic E-state index is 14.2. The molecule has 3 aromatic rings. The number of Topliss-reactive ketones (excluding diaryl/α,β-unsaturated/α-hetero) is 1. The van der Waals surface area contributed by atoms with Crippen molar-refractivity contribution in [2.45, 2.75) is 115 Å². The number of rotatable bonds is 26. The van der Waals surface area contributed by atoms with Gasteiger partial charge in [0, 0.05) is 36.8 Å². The highest BCUT2D eigenvalue weighted by Crippen LogP contribution is 2.30. The smallest absolute Gasteiger partial charge is 0.306 e. The number of amides is 2. The number of primary amides is 1. The summed E-state index contributed by atoms with van der Waals surface area (Å²) in [7, 11) is 0. The van der Waals surface area contributed by atoms with Crippen molar-refractivity contribution in [3.05, 3.63) is 72.4 Å². The van der Waals surface area contributed by atoms with E-state index in [-0.39, 0.29) is 37.6 Å². The molecule has 0 fully saturated rings. The summed E-state index contributed by atoms with van der Waals surface area (Å²) >= 11 is 0. The highest BCUT2D eigenvalue weighted by molar-refractivity contribution is 6.02. The summed E-state index contributed by atoms with van der Waals surface area (Å²) in [5.74, 6) is -1.81. The fourth-order valence-corrected chi connectivity index (χ4v) is 6.17. The summed E-state index contributed by atoms with van der Waals surface area (Å²) in [6, 6.07) is 17.5. The Balaban J connectivity index is 1.64. The number of unbranched alkanes of at least 4 members (excludes halogenated alkanes) is 10. The summed E-state index contributed by atoms with van der Waals surface area (Å²) in [5, 5.41) is 0.722. The molecule has 0 spiro atoms. The van der Waals surface area contributed by atoms with E-state index >= 15 is 0 Å². The van der Waals surface area contributed by atoms with E-state index in [9.17, 15) is 24.0 Å². The van der Waals surface area contributed by atoms with Crippen LogP contribution in [0.3, 0.4) is 0 Å². The van der Waals surface area contributed by atoms with Crippen LogP contribution < -0.4 is 10.6 Å². The first-order chi connectivity index (χ1) is 23.4. The summed E-state index contributed by atoms with van der Waals surface area (Å²) in [6.07, 6.45) is 15.6. The lowest BCUT2D eigenvalue weighted by molar-refractivity contribution is -0.145. The molecule has 1 heterocycles. The van der Waals surface area contributed by atoms with Crippen LogP contribution in [0.5, 0.6) is 0 Å². The van der Waals surface area contributed by atoms with Gasteiger partial charge in [0.05, 0.1) is 17.2 Å². The number of nitrogens with zero attached hydrogens (tertiary/aromatic N) is 2. The molecule has 2 N–H and O–H groups in total. The SMILES string of the molecule is NC(=O)C[C@H](CCCCCCCCCCCCC=O)C(=O)[C@H](CCCC(=O)OCc1ccccc1)N(C=O)c1cccc2ncccc12. The molecule has 0 bridgehead atoms. The van der Waals surface area contributed by atoms with Gasteiger partial charge in [-0.1, -0.05) is 94.2 Å². The van der Waals surface area contributed by atoms with Gasteiger partial charge in [0.2, 0.25) is 12.3 Å². The molecule has 1 aromatic heterocycles. The second-order valence-corrected chi connectivity index (χ2v) is 12.5. The summed E-state index contributed by atoms with van der Waals surface area (Å²) in [6.45, 7) is 0.161. The van der Waals surface area contributed by atoms with Crippen molar-refractivity contribution in [3.8, 4) is 0 Å². The van der Waals surface area contributed by atoms with Crippen LogP contribution in [0.4, 0.5) is 5.69 Å². The lowest BCUT2D eigenvalue weighted by Gasteiger charge is -2.31. The highest BCUT2D eigenvalue weighted by atomic mass is 16.5. The number of nitrogens with two attached hydrogens (primary N) is 1. The highest BCUT2D eigenvalue weighted by Gasteiger charge is 2.33. The quantitative estimate of drug-likeness (QED) is 0.0539. The number of ether oxygens (including phenoxy) is 1. The zero-order chi connectivity index (χ0) is 34.4. The Hall–Kier alpha value is -4.40. The average Bonchev–Trinajstić information content (AvgIpc) is 3.10. The molecule has 2 atom stereocenters. The molecular formula is C39H51N3O6. The third-order valence-electron chi connectivity index (χ3n) is 8.75. The predicted molar refractivity (Wildman–Crippen MR) is 188 cm³/mol. The molecule has 9 heteroatoms. The third kappa shape index (κ3) is 13.4. The molecular weight excluding hydrogens is 606 g/mol. The molecule has 3 rings (SSSR count). The van der Waals surface area contributed by atoms with Gasteiger partial charge in [-0.25, -0.2) is 0 Å². The molecule has 0 aliphatic rings. The maximum Gasteiger partial charge on any atom is 0.306 e. The minimum absolute atomic E-state index is 0.0830. The van der Waals surface area contributed by atoms with E-state index < -0.39 is 17.9 Å². The fraction of sp³-hybridized carbons (Fsp3) is 0.487. The number of hydrogen-bond donors (Lipinski definition) is 1. The van der Waals surface area contributed by atoms with E-state index in [2.05, 4.69) is 4.98 Å². The molecule has 48 heavy (non-hydrogen) atoms. The lowest BCUT2D eigenvalue weighted by Crippen LogP contribution is -2.44. The standard InChI is InChI=1S/C39H51N3O6/c40-37(45)28-32(20-13-8-6-4-2-1-3-5-7-9-14-27-43)39(47)36(24-16-25-38(46)48-29-31-18-11-10-12-19-31)42(30-44)35-23-15-22-34-33(35)21-17-26-41-34/h10-12,15,17-19,21-23,26-27,30,32,36H,1-9,13-14,16,20,24-25,28-29H2,(H2,40,45)/t32-,36-/m0/s1. The minimum Gasteiger partial charge on any atom is -0.461 e. The maximum absolute atomic E-state index is 14.2. The number of carbonyl (C=O) groups excluding carboxylic acids is 5. The van der Waals surface area contributed by atoms with Crippen molar-refractivity contribution in [1.82, 2.24) is 4.98 Å². The van der Waals surface area contributed by atoms with Gasteiger partial charge in [0.1, 0.15) is 12.9 Å². The largest absolute Gasteiger partial charge is 0.461 e. The van der Waals surface area contributed by atoms with E-state index in [1.807, 2.05) is 42.5 Å². The van der Waals surface area contributed by atoms with E-state index in [0.717, 1.165) is 68.6 Å².